The van der Waals surface area contributed by atoms with E-state index in [1.54, 1.807) is 0 Å². The summed E-state index contributed by atoms with van der Waals surface area (Å²) in [5.41, 5.74) is 0. The lowest BCUT2D eigenvalue weighted by Gasteiger charge is -2.23. The summed E-state index contributed by atoms with van der Waals surface area (Å²) >= 11 is 0. The second-order valence-corrected chi connectivity index (χ2v) is 5.36. The molecule has 0 aromatic heterocycles. The fraction of sp³-hybridized carbons (Fsp3) is 1.00. The van der Waals surface area contributed by atoms with Gasteiger partial charge in [0.1, 0.15) is 0 Å². The Labute approximate surface area is 87.0 Å². The van der Waals surface area contributed by atoms with Crippen LogP contribution in [0.15, 0.2) is 0 Å². The molecule has 1 heterocycles. The molecule has 3 aliphatic rings. The van der Waals surface area contributed by atoms with Gasteiger partial charge in [-0.2, -0.15) is 0 Å². The van der Waals surface area contributed by atoms with Crippen LogP contribution >= 0.6 is 0 Å². The summed E-state index contributed by atoms with van der Waals surface area (Å²) in [6.45, 7) is 2.69. The van der Waals surface area contributed by atoms with Crippen LogP contribution in [0.3, 0.4) is 0 Å². The quantitative estimate of drug-likeness (QED) is 0.736. The number of nitrogens with one attached hydrogen (secondary N) is 1. The molecule has 1 aliphatic heterocycles. The Hall–Kier alpha value is -0.0800. The zero-order valence-electron chi connectivity index (χ0n) is 9.04. The van der Waals surface area contributed by atoms with Gasteiger partial charge in [0.05, 0.1) is 0 Å². The number of nitrogens with zero attached hydrogens (tertiary/aromatic N) is 1. The van der Waals surface area contributed by atoms with Crippen LogP contribution in [0.4, 0.5) is 0 Å². The highest BCUT2D eigenvalue weighted by Crippen LogP contribution is 2.28. The molecule has 14 heavy (non-hydrogen) atoms. The van der Waals surface area contributed by atoms with E-state index in [0.29, 0.717) is 0 Å². The van der Waals surface area contributed by atoms with Gasteiger partial charge in [-0.05, 0) is 32.1 Å². The molecular weight excluding hydrogens is 172 g/mol. The van der Waals surface area contributed by atoms with E-state index in [9.17, 15) is 0 Å². The maximum Gasteiger partial charge on any atom is 0.0209 e. The maximum absolute atomic E-state index is 3.76. The van der Waals surface area contributed by atoms with Gasteiger partial charge in [-0.25, -0.2) is 0 Å². The van der Waals surface area contributed by atoms with Gasteiger partial charge in [0.25, 0.3) is 0 Å². The van der Waals surface area contributed by atoms with Gasteiger partial charge in [0.15, 0.2) is 0 Å². The second kappa shape index (κ2) is 3.82. The van der Waals surface area contributed by atoms with Crippen molar-refractivity contribution < 1.29 is 0 Å². The first-order valence-corrected chi connectivity index (χ1v) is 6.42. The number of rotatable bonds is 3. The molecule has 0 bridgehead atoms. The molecule has 0 aromatic carbocycles. The first-order valence-electron chi connectivity index (χ1n) is 6.42. The summed E-state index contributed by atoms with van der Waals surface area (Å²) in [5, 5.41) is 3.76. The second-order valence-electron chi connectivity index (χ2n) is 5.36. The highest BCUT2D eigenvalue weighted by molar-refractivity contribution is 4.92. The first-order chi connectivity index (χ1) is 6.92. The Morgan fingerprint density at radius 1 is 0.857 bits per heavy atom. The predicted octanol–water partition coefficient (Wildman–Crippen LogP) is 1.76. The third-order valence-electron chi connectivity index (χ3n) is 4.11. The van der Waals surface area contributed by atoms with Crippen molar-refractivity contribution in [3.8, 4) is 0 Å². The third-order valence-corrected chi connectivity index (χ3v) is 4.11. The van der Waals surface area contributed by atoms with E-state index in [4.69, 9.17) is 0 Å². The summed E-state index contributed by atoms with van der Waals surface area (Å²) < 4.78 is 0. The van der Waals surface area contributed by atoms with Crippen LogP contribution in [0.25, 0.3) is 0 Å². The molecule has 2 nitrogen and oxygen atoms in total. The smallest absolute Gasteiger partial charge is 0.0209 e. The SMILES string of the molecule is C1CCC(N2CCC(NC3CC3)C2)C1. The van der Waals surface area contributed by atoms with Crippen LogP contribution in [-0.2, 0) is 0 Å². The van der Waals surface area contributed by atoms with Crippen molar-refractivity contribution in [1.82, 2.24) is 10.2 Å². The van der Waals surface area contributed by atoms with Gasteiger partial charge in [0.2, 0.25) is 0 Å². The molecule has 0 amide bonds. The average Bonchev–Trinajstić information content (AvgIpc) is 2.71. The van der Waals surface area contributed by atoms with E-state index in [1.807, 2.05) is 0 Å². The van der Waals surface area contributed by atoms with Crippen LogP contribution in [0, 0.1) is 0 Å². The number of likely N-dealkylation sites (tertiary alicyclic amines) is 1. The standard InChI is InChI=1S/C12H22N2/c1-2-4-12(3-1)14-8-7-11(9-14)13-10-5-6-10/h10-13H,1-9H2. The van der Waals surface area contributed by atoms with Crippen molar-refractivity contribution >= 4 is 0 Å². The summed E-state index contributed by atoms with van der Waals surface area (Å²) in [5.74, 6) is 0. The summed E-state index contributed by atoms with van der Waals surface area (Å²) in [6.07, 6.45) is 10.1. The summed E-state index contributed by atoms with van der Waals surface area (Å²) in [6, 6.07) is 2.66. The molecule has 3 fully saturated rings. The normalized spacial score (nSPS) is 35.6. The minimum absolute atomic E-state index is 0.822. The van der Waals surface area contributed by atoms with Crippen molar-refractivity contribution in [2.45, 2.75) is 63.1 Å². The molecular formula is C12H22N2. The zero-order chi connectivity index (χ0) is 9.38. The lowest BCUT2D eigenvalue weighted by molar-refractivity contribution is 0.240. The molecule has 1 saturated heterocycles. The Balaban J connectivity index is 1.47. The Morgan fingerprint density at radius 3 is 2.36 bits per heavy atom. The minimum Gasteiger partial charge on any atom is -0.310 e. The van der Waals surface area contributed by atoms with Gasteiger partial charge in [-0.3, -0.25) is 4.90 Å². The molecule has 1 unspecified atom stereocenters. The maximum atomic E-state index is 3.76. The Morgan fingerprint density at radius 2 is 1.64 bits per heavy atom. The zero-order valence-corrected chi connectivity index (χ0v) is 9.04. The molecule has 3 rings (SSSR count). The molecule has 2 saturated carbocycles. The lowest BCUT2D eigenvalue weighted by Crippen LogP contribution is -2.37. The Kier molecular flexibility index (Phi) is 2.50. The van der Waals surface area contributed by atoms with Crippen molar-refractivity contribution in [1.29, 1.82) is 0 Å². The molecule has 2 aliphatic carbocycles. The van der Waals surface area contributed by atoms with Gasteiger partial charge in [-0.15, -0.1) is 0 Å². The topological polar surface area (TPSA) is 15.3 Å². The molecule has 0 radical (unpaired) electrons. The monoisotopic (exact) mass is 194 g/mol. The van der Waals surface area contributed by atoms with Crippen LogP contribution in [-0.4, -0.2) is 36.1 Å². The minimum atomic E-state index is 0.822. The van der Waals surface area contributed by atoms with E-state index in [0.717, 1.165) is 18.1 Å². The summed E-state index contributed by atoms with van der Waals surface area (Å²) in [4.78, 5) is 2.74. The molecule has 80 valence electrons. The third kappa shape index (κ3) is 1.96. The van der Waals surface area contributed by atoms with E-state index in [-0.39, 0.29) is 0 Å². The van der Waals surface area contributed by atoms with Gasteiger partial charge >= 0.3 is 0 Å². The van der Waals surface area contributed by atoms with Crippen LogP contribution < -0.4 is 5.32 Å². The molecule has 0 aromatic rings. The molecule has 1 atom stereocenters. The van der Waals surface area contributed by atoms with E-state index in [1.165, 1.54) is 58.0 Å². The first kappa shape index (κ1) is 9.17. The Bertz CT molecular complexity index is 194. The fourth-order valence-electron chi connectivity index (χ4n) is 3.11. The van der Waals surface area contributed by atoms with Gasteiger partial charge in [-0.1, -0.05) is 12.8 Å². The summed E-state index contributed by atoms with van der Waals surface area (Å²) in [7, 11) is 0. The number of hydrogen-bond acceptors (Lipinski definition) is 2. The van der Waals surface area contributed by atoms with E-state index < -0.39 is 0 Å². The lowest BCUT2D eigenvalue weighted by atomic mass is 10.2. The van der Waals surface area contributed by atoms with Crippen LogP contribution in [0.2, 0.25) is 0 Å². The largest absolute Gasteiger partial charge is 0.310 e. The number of hydrogen-bond donors (Lipinski definition) is 1. The van der Waals surface area contributed by atoms with Crippen LogP contribution in [0.5, 0.6) is 0 Å². The van der Waals surface area contributed by atoms with E-state index >= 15 is 0 Å². The van der Waals surface area contributed by atoms with E-state index in [2.05, 4.69) is 10.2 Å². The highest BCUT2D eigenvalue weighted by Gasteiger charge is 2.32. The fourth-order valence-corrected chi connectivity index (χ4v) is 3.11. The predicted molar refractivity (Wildman–Crippen MR) is 58.4 cm³/mol. The van der Waals surface area contributed by atoms with Crippen molar-refractivity contribution in [3.63, 3.8) is 0 Å². The average molecular weight is 194 g/mol. The molecule has 0 spiro atoms. The van der Waals surface area contributed by atoms with Gasteiger partial charge in [0, 0.05) is 31.2 Å². The van der Waals surface area contributed by atoms with Crippen molar-refractivity contribution in [2.75, 3.05) is 13.1 Å². The molecule has 2 heteroatoms. The highest BCUT2D eigenvalue weighted by atomic mass is 15.2. The molecule has 1 N–H and O–H groups in total. The van der Waals surface area contributed by atoms with Crippen molar-refractivity contribution in [2.24, 2.45) is 0 Å². The van der Waals surface area contributed by atoms with Gasteiger partial charge < -0.3 is 5.32 Å². The van der Waals surface area contributed by atoms with Crippen molar-refractivity contribution in [3.05, 3.63) is 0 Å². The van der Waals surface area contributed by atoms with Crippen LogP contribution in [0.1, 0.15) is 44.9 Å².